The first kappa shape index (κ1) is 26.0. The number of hydrogen-bond donors (Lipinski definition) is 1. The fraction of sp³-hybridized carbons (Fsp3) is 0.476. The fourth-order valence-corrected chi connectivity index (χ4v) is 4.35. The highest BCUT2D eigenvalue weighted by Gasteiger charge is 2.42. The van der Waals surface area contributed by atoms with Crippen LogP contribution in [0.1, 0.15) is 20.3 Å². The molecule has 0 bridgehead atoms. The normalized spacial score (nSPS) is 17.8. The minimum absolute atomic E-state index is 0.0529. The van der Waals surface area contributed by atoms with E-state index in [9.17, 15) is 24.0 Å². The van der Waals surface area contributed by atoms with Crippen LogP contribution < -0.4 is 5.32 Å². The van der Waals surface area contributed by atoms with Crippen molar-refractivity contribution in [3.05, 3.63) is 33.6 Å². The molecular weight excluding hydrogens is 456 g/mol. The lowest BCUT2D eigenvalue weighted by atomic mass is 9.85. The summed E-state index contributed by atoms with van der Waals surface area (Å²) >= 11 is 1.21. The molecule has 1 N–H and O–H groups in total. The van der Waals surface area contributed by atoms with E-state index in [1.54, 1.807) is 13.8 Å². The van der Waals surface area contributed by atoms with Gasteiger partial charge < -0.3 is 29.2 Å². The second kappa shape index (κ2) is 11.5. The SMILES string of the molecule is COC(=O)/C=C1/SCC(=O)N1CCCOC(=O)C1C(C(=O)OC)=C(C)NC(C)=C1C(=O)OC. The second-order valence-electron chi connectivity index (χ2n) is 6.98. The van der Waals surface area contributed by atoms with Crippen molar-refractivity contribution in [3.63, 3.8) is 0 Å². The lowest BCUT2D eigenvalue weighted by molar-refractivity contribution is -0.151. The van der Waals surface area contributed by atoms with Crippen LogP contribution in [0.3, 0.4) is 0 Å². The molecule has 0 aromatic rings. The topological polar surface area (TPSA) is 138 Å². The Morgan fingerprint density at radius 3 is 2.12 bits per heavy atom. The highest BCUT2D eigenvalue weighted by Crippen LogP contribution is 2.33. The number of ether oxygens (including phenoxy) is 4. The van der Waals surface area contributed by atoms with E-state index in [2.05, 4.69) is 10.1 Å². The van der Waals surface area contributed by atoms with Crippen LogP contribution in [0, 0.1) is 5.92 Å². The third kappa shape index (κ3) is 5.95. The molecule has 0 radical (unpaired) electrons. The molecule has 0 saturated carbocycles. The second-order valence-corrected chi connectivity index (χ2v) is 7.97. The van der Waals surface area contributed by atoms with Crippen LogP contribution in [0.2, 0.25) is 0 Å². The van der Waals surface area contributed by atoms with Crippen LogP contribution in [0.5, 0.6) is 0 Å². The van der Waals surface area contributed by atoms with Crippen LogP contribution in [-0.2, 0) is 42.9 Å². The molecule has 0 unspecified atom stereocenters. The molecule has 0 aromatic heterocycles. The summed E-state index contributed by atoms with van der Waals surface area (Å²) in [6.45, 7) is 3.27. The van der Waals surface area contributed by atoms with Gasteiger partial charge in [0.1, 0.15) is 5.92 Å². The van der Waals surface area contributed by atoms with Crippen LogP contribution in [0.15, 0.2) is 33.6 Å². The minimum Gasteiger partial charge on any atom is -0.466 e. The molecule has 0 aromatic carbocycles. The van der Waals surface area contributed by atoms with Crippen molar-refractivity contribution in [1.29, 1.82) is 0 Å². The molecule has 1 amide bonds. The number of nitrogens with zero attached hydrogens (tertiary/aromatic N) is 1. The van der Waals surface area contributed by atoms with Gasteiger partial charge in [-0.25, -0.2) is 14.4 Å². The van der Waals surface area contributed by atoms with Gasteiger partial charge in [-0.1, -0.05) is 11.8 Å². The Labute approximate surface area is 195 Å². The smallest absolute Gasteiger partial charge is 0.336 e. The van der Waals surface area contributed by atoms with Crippen molar-refractivity contribution in [3.8, 4) is 0 Å². The number of allylic oxidation sites excluding steroid dienone is 2. The number of amides is 1. The third-order valence-corrected chi connectivity index (χ3v) is 5.96. The Morgan fingerprint density at radius 1 is 1.03 bits per heavy atom. The number of thioether (sulfide) groups is 1. The number of esters is 4. The van der Waals surface area contributed by atoms with Gasteiger partial charge in [0.15, 0.2) is 0 Å². The quantitative estimate of drug-likeness (QED) is 0.226. The maximum atomic E-state index is 13.0. The average Bonchev–Trinajstić information content (AvgIpc) is 3.13. The number of dihydropyridines is 1. The van der Waals surface area contributed by atoms with Crippen LogP contribution in [0.4, 0.5) is 0 Å². The Balaban J connectivity index is 2.12. The number of hydrogen-bond acceptors (Lipinski definition) is 11. The first-order valence-electron chi connectivity index (χ1n) is 9.90. The van der Waals surface area contributed by atoms with E-state index in [1.165, 1.54) is 44.1 Å². The van der Waals surface area contributed by atoms with Crippen LogP contribution >= 0.6 is 11.8 Å². The van der Waals surface area contributed by atoms with E-state index in [0.717, 1.165) is 0 Å². The molecule has 0 spiro atoms. The van der Waals surface area contributed by atoms with E-state index in [-0.39, 0.29) is 42.4 Å². The van der Waals surface area contributed by atoms with E-state index < -0.39 is 29.8 Å². The maximum absolute atomic E-state index is 13.0. The molecule has 0 aliphatic carbocycles. The van der Waals surface area contributed by atoms with Gasteiger partial charge in [-0.15, -0.1) is 0 Å². The number of rotatable bonds is 8. The summed E-state index contributed by atoms with van der Waals surface area (Å²) in [5, 5.41) is 3.34. The summed E-state index contributed by atoms with van der Waals surface area (Å²) in [5.41, 5.74) is 0.600. The molecule has 180 valence electrons. The molecule has 2 heterocycles. The summed E-state index contributed by atoms with van der Waals surface area (Å²) in [6, 6.07) is 0. The summed E-state index contributed by atoms with van der Waals surface area (Å²) < 4.78 is 19.5. The molecule has 12 heteroatoms. The minimum atomic E-state index is -1.33. The molecule has 2 aliphatic rings. The number of methoxy groups -OCH3 is 3. The molecule has 1 fully saturated rings. The van der Waals surface area contributed by atoms with Crippen molar-refractivity contribution >= 4 is 41.5 Å². The largest absolute Gasteiger partial charge is 0.466 e. The van der Waals surface area contributed by atoms with Crippen LogP contribution in [-0.4, -0.2) is 74.9 Å². The van der Waals surface area contributed by atoms with Crippen molar-refractivity contribution in [1.82, 2.24) is 10.2 Å². The molecule has 2 rings (SSSR count). The molecule has 11 nitrogen and oxygen atoms in total. The van der Waals surface area contributed by atoms with Crippen molar-refractivity contribution in [2.45, 2.75) is 20.3 Å². The van der Waals surface area contributed by atoms with Gasteiger partial charge in [-0.2, -0.15) is 0 Å². The first-order chi connectivity index (χ1) is 15.7. The van der Waals surface area contributed by atoms with Gasteiger partial charge in [0, 0.05) is 17.9 Å². The molecule has 2 aliphatic heterocycles. The fourth-order valence-electron chi connectivity index (χ4n) is 3.40. The summed E-state index contributed by atoms with van der Waals surface area (Å²) in [6.07, 6.45) is 1.48. The predicted molar refractivity (Wildman–Crippen MR) is 116 cm³/mol. The zero-order chi connectivity index (χ0) is 24.7. The molecule has 1 saturated heterocycles. The maximum Gasteiger partial charge on any atom is 0.336 e. The van der Waals surface area contributed by atoms with Gasteiger partial charge in [0.25, 0.3) is 0 Å². The highest BCUT2D eigenvalue weighted by atomic mass is 32.2. The Morgan fingerprint density at radius 2 is 1.61 bits per heavy atom. The van der Waals surface area contributed by atoms with Gasteiger partial charge in [-0.05, 0) is 20.3 Å². The van der Waals surface area contributed by atoms with Gasteiger partial charge in [-0.3, -0.25) is 9.59 Å². The first-order valence-corrected chi connectivity index (χ1v) is 10.9. The highest BCUT2D eigenvalue weighted by molar-refractivity contribution is 8.04. The summed E-state index contributed by atoms with van der Waals surface area (Å²) in [4.78, 5) is 62.6. The molecule has 33 heavy (non-hydrogen) atoms. The predicted octanol–water partition coefficient (Wildman–Crippen LogP) is 0.623. The van der Waals surface area contributed by atoms with E-state index in [0.29, 0.717) is 16.4 Å². The average molecular weight is 483 g/mol. The van der Waals surface area contributed by atoms with E-state index in [4.69, 9.17) is 14.2 Å². The zero-order valence-corrected chi connectivity index (χ0v) is 19.8. The van der Waals surface area contributed by atoms with E-state index >= 15 is 0 Å². The zero-order valence-electron chi connectivity index (χ0n) is 19.0. The Hall–Kier alpha value is -3.28. The Kier molecular flexibility index (Phi) is 9.09. The van der Waals surface area contributed by atoms with Crippen LogP contribution in [0.25, 0.3) is 0 Å². The van der Waals surface area contributed by atoms with E-state index in [1.807, 2.05) is 0 Å². The van der Waals surface area contributed by atoms with Gasteiger partial charge in [0.2, 0.25) is 5.91 Å². The van der Waals surface area contributed by atoms with Gasteiger partial charge >= 0.3 is 23.9 Å². The number of carbonyl (C=O) groups is 5. The van der Waals surface area contributed by atoms with Crippen molar-refractivity contribution < 1.29 is 42.9 Å². The Bertz CT molecular complexity index is 913. The lowest BCUT2D eigenvalue weighted by Gasteiger charge is -2.28. The standard InChI is InChI=1S/C21H26N2O9S/c1-11-16(19(26)30-4)18(17(12(2)22-11)20(27)31-5)21(28)32-8-6-7-23-13(24)10-33-14(23)9-15(25)29-3/h9,18,22H,6-8,10H2,1-5H3/b14-9+. The van der Waals surface area contributed by atoms with Gasteiger partial charge in [0.05, 0.1) is 55.9 Å². The summed E-state index contributed by atoms with van der Waals surface area (Å²) in [7, 11) is 3.57. The third-order valence-electron chi connectivity index (χ3n) is 4.93. The summed E-state index contributed by atoms with van der Waals surface area (Å²) in [5.74, 6) is -4.30. The molecular formula is C21H26N2O9S. The van der Waals surface area contributed by atoms with Crippen molar-refractivity contribution in [2.75, 3.05) is 40.2 Å². The van der Waals surface area contributed by atoms with Crippen molar-refractivity contribution in [2.24, 2.45) is 5.92 Å². The molecule has 0 atom stereocenters. The number of nitrogens with one attached hydrogen (secondary N) is 1. The number of carbonyl (C=O) groups excluding carboxylic acids is 5. The lowest BCUT2D eigenvalue weighted by Crippen LogP contribution is -2.38. The monoisotopic (exact) mass is 482 g/mol.